The van der Waals surface area contributed by atoms with E-state index in [1.165, 1.54) is 6.07 Å². The van der Waals surface area contributed by atoms with Crippen LogP contribution in [0.25, 0.3) is 10.8 Å². The van der Waals surface area contributed by atoms with E-state index >= 15 is 0 Å². The molecule has 0 atom stereocenters. The number of nitrogen functional groups attached to an aromatic ring is 1. The highest BCUT2D eigenvalue weighted by atomic mass is 19.1. The van der Waals surface area contributed by atoms with Gasteiger partial charge in [-0.15, -0.1) is 6.42 Å². The SMILES string of the molecule is C.C#Cc1c(F)ccc2cc(N)cc(C)c12. The number of terminal acetylenes is 1. The minimum atomic E-state index is -0.363. The Balaban J connectivity index is 0.00000128. The van der Waals surface area contributed by atoms with Crippen molar-refractivity contribution in [2.24, 2.45) is 0 Å². The molecule has 0 bridgehead atoms. The normalized spacial score (nSPS) is 9.56. The lowest BCUT2D eigenvalue weighted by Crippen LogP contribution is -1.92. The standard InChI is InChI=1S/C13H10FN.CH4/c1-3-11-12(14)5-4-9-7-10(15)6-8(2)13(9)11;/h1,4-7H,15H2,2H3;1H4. The second-order valence-corrected chi connectivity index (χ2v) is 3.50. The molecule has 0 aliphatic carbocycles. The van der Waals surface area contributed by atoms with Crippen LogP contribution in [0.2, 0.25) is 0 Å². The third kappa shape index (κ3) is 1.72. The van der Waals surface area contributed by atoms with E-state index in [4.69, 9.17) is 12.2 Å². The minimum absolute atomic E-state index is 0. The lowest BCUT2D eigenvalue weighted by molar-refractivity contribution is 0.626. The summed E-state index contributed by atoms with van der Waals surface area (Å²) in [6.45, 7) is 1.87. The van der Waals surface area contributed by atoms with Gasteiger partial charge in [-0.05, 0) is 36.1 Å². The van der Waals surface area contributed by atoms with Crippen LogP contribution in [0.5, 0.6) is 0 Å². The second kappa shape index (κ2) is 4.24. The Morgan fingerprint density at radius 3 is 2.62 bits per heavy atom. The molecule has 2 heteroatoms. The molecule has 2 aromatic rings. The van der Waals surface area contributed by atoms with Gasteiger partial charge in [-0.2, -0.15) is 0 Å². The quantitative estimate of drug-likeness (QED) is 0.528. The lowest BCUT2D eigenvalue weighted by Gasteiger charge is -2.07. The fraction of sp³-hybridized carbons (Fsp3) is 0.143. The minimum Gasteiger partial charge on any atom is -0.399 e. The van der Waals surface area contributed by atoms with Crippen LogP contribution in [0.15, 0.2) is 24.3 Å². The monoisotopic (exact) mass is 215 g/mol. The average molecular weight is 215 g/mol. The largest absolute Gasteiger partial charge is 0.399 e. The molecule has 16 heavy (non-hydrogen) atoms. The number of rotatable bonds is 0. The van der Waals surface area contributed by atoms with Gasteiger partial charge in [-0.1, -0.05) is 19.4 Å². The molecule has 0 radical (unpaired) electrons. The summed E-state index contributed by atoms with van der Waals surface area (Å²) in [5.41, 5.74) is 7.58. The molecule has 0 aliphatic heterocycles. The Kier molecular flexibility index (Phi) is 3.20. The number of benzene rings is 2. The lowest BCUT2D eigenvalue weighted by atomic mass is 9.99. The summed E-state index contributed by atoms with van der Waals surface area (Å²) in [6.07, 6.45) is 5.30. The Morgan fingerprint density at radius 2 is 2.00 bits per heavy atom. The van der Waals surface area contributed by atoms with Crippen molar-refractivity contribution in [2.75, 3.05) is 5.73 Å². The average Bonchev–Trinajstić information content (AvgIpc) is 2.18. The van der Waals surface area contributed by atoms with Crippen molar-refractivity contribution in [3.05, 3.63) is 41.2 Å². The first-order valence-electron chi connectivity index (χ1n) is 4.58. The Morgan fingerprint density at radius 1 is 1.31 bits per heavy atom. The molecule has 1 nitrogen and oxygen atoms in total. The number of nitrogens with two attached hydrogens (primary N) is 1. The smallest absolute Gasteiger partial charge is 0.139 e. The molecule has 0 heterocycles. The summed E-state index contributed by atoms with van der Waals surface area (Å²) in [6, 6.07) is 6.65. The third-order valence-electron chi connectivity index (χ3n) is 2.43. The molecule has 0 aliphatic rings. The van der Waals surface area contributed by atoms with Crippen LogP contribution >= 0.6 is 0 Å². The first kappa shape index (κ1) is 12.1. The van der Waals surface area contributed by atoms with E-state index in [1.807, 2.05) is 6.92 Å². The van der Waals surface area contributed by atoms with Gasteiger partial charge < -0.3 is 5.73 Å². The van der Waals surface area contributed by atoms with Crippen molar-refractivity contribution in [2.45, 2.75) is 14.4 Å². The number of hydrogen-bond acceptors (Lipinski definition) is 1. The summed E-state index contributed by atoms with van der Waals surface area (Å²) in [7, 11) is 0. The number of halogens is 1. The Bertz CT molecular complexity index is 579. The van der Waals surface area contributed by atoms with E-state index in [9.17, 15) is 4.39 Å². The molecule has 0 fully saturated rings. The van der Waals surface area contributed by atoms with E-state index in [0.717, 1.165) is 16.3 Å². The molecule has 0 spiro atoms. The third-order valence-corrected chi connectivity index (χ3v) is 2.43. The van der Waals surface area contributed by atoms with Crippen LogP contribution < -0.4 is 5.73 Å². The molecule has 0 saturated carbocycles. The van der Waals surface area contributed by atoms with Crippen molar-refractivity contribution in [1.82, 2.24) is 0 Å². The van der Waals surface area contributed by atoms with Gasteiger partial charge in [0.15, 0.2) is 0 Å². The van der Waals surface area contributed by atoms with Gasteiger partial charge >= 0.3 is 0 Å². The van der Waals surface area contributed by atoms with Crippen LogP contribution in [0.3, 0.4) is 0 Å². The Labute approximate surface area is 95.1 Å². The molecule has 0 saturated heterocycles. The zero-order chi connectivity index (χ0) is 11.0. The Hall–Kier alpha value is -2.01. The van der Waals surface area contributed by atoms with Crippen molar-refractivity contribution in [3.63, 3.8) is 0 Å². The molecule has 0 aromatic heterocycles. The summed E-state index contributed by atoms with van der Waals surface area (Å²) in [5, 5.41) is 1.65. The molecule has 2 N–H and O–H groups in total. The molecule has 82 valence electrons. The van der Waals surface area contributed by atoms with Crippen molar-refractivity contribution >= 4 is 16.5 Å². The van der Waals surface area contributed by atoms with Gasteiger partial charge in [0.25, 0.3) is 0 Å². The summed E-state index contributed by atoms with van der Waals surface area (Å²) in [5.74, 6) is 2.02. The highest BCUT2D eigenvalue weighted by molar-refractivity contribution is 5.93. The predicted molar refractivity (Wildman–Crippen MR) is 67.7 cm³/mol. The zero-order valence-electron chi connectivity index (χ0n) is 8.34. The summed E-state index contributed by atoms with van der Waals surface area (Å²) in [4.78, 5) is 0. The maximum absolute atomic E-state index is 13.4. The molecular weight excluding hydrogens is 201 g/mol. The number of fused-ring (bicyclic) bond motifs is 1. The second-order valence-electron chi connectivity index (χ2n) is 3.50. The first-order chi connectivity index (χ1) is 7.13. The van der Waals surface area contributed by atoms with Gasteiger partial charge in [0.2, 0.25) is 0 Å². The van der Waals surface area contributed by atoms with E-state index < -0.39 is 0 Å². The number of anilines is 1. The van der Waals surface area contributed by atoms with Crippen molar-refractivity contribution in [3.8, 4) is 12.3 Å². The van der Waals surface area contributed by atoms with Crippen molar-refractivity contribution < 1.29 is 4.39 Å². The van der Waals surface area contributed by atoms with Crippen LogP contribution in [0.4, 0.5) is 10.1 Å². The molecule has 0 amide bonds. The number of hydrogen-bond donors (Lipinski definition) is 1. The van der Waals surface area contributed by atoms with Gasteiger partial charge in [0, 0.05) is 11.1 Å². The molecule has 0 unspecified atom stereocenters. The van der Waals surface area contributed by atoms with E-state index in [1.54, 1.807) is 18.2 Å². The zero-order valence-corrected chi connectivity index (χ0v) is 8.34. The van der Waals surface area contributed by atoms with Gasteiger partial charge in [0.05, 0.1) is 5.56 Å². The topological polar surface area (TPSA) is 26.0 Å². The molecule has 2 rings (SSSR count). The van der Waals surface area contributed by atoms with Crippen molar-refractivity contribution in [1.29, 1.82) is 0 Å². The maximum atomic E-state index is 13.4. The predicted octanol–water partition coefficient (Wildman–Crippen LogP) is 3.49. The van der Waals surface area contributed by atoms with Crippen LogP contribution in [0.1, 0.15) is 18.6 Å². The van der Waals surface area contributed by atoms with Crippen LogP contribution in [-0.4, -0.2) is 0 Å². The molecular formula is C14H14FN. The fourth-order valence-electron chi connectivity index (χ4n) is 1.82. The highest BCUT2D eigenvalue weighted by Crippen LogP contribution is 2.26. The van der Waals surface area contributed by atoms with E-state index in [0.29, 0.717) is 11.3 Å². The summed E-state index contributed by atoms with van der Waals surface area (Å²) >= 11 is 0. The first-order valence-corrected chi connectivity index (χ1v) is 4.58. The molecule has 2 aromatic carbocycles. The fourth-order valence-corrected chi connectivity index (χ4v) is 1.82. The van der Waals surface area contributed by atoms with Gasteiger partial charge in [-0.25, -0.2) is 4.39 Å². The van der Waals surface area contributed by atoms with E-state index in [-0.39, 0.29) is 13.2 Å². The highest BCUT2D eigenvalue weighted by Gasteiger charge is 2.08. The van der Waals surface area contributed by atoms with Crippen LogP contribution in [0, 0.1) is 25.1 Å². The van der Waals surface area contributed by atoms with E-state index in [2.05, 4.69) is 5.92 Å². The van der Waals surface area contributed by atoms with Gasteiger partial charge in [0.1, 0.15) is 5.82 Å². The van der Waals surface area contributed by atoms with Crippen LogP contribution in [-0.2, 0) is 0 Å². The van der Waals surface area contributed by atoms with Gasteiger partial charge in [-0.3, -0.25) is 0 Å². The maximum Gasteiger partial charge on any atom is 0.139 e. The summed E-state index contributed by atoms with van der Waals surface area (Å²) < 4.78 is 13.4. The number of aryl methyl sites for hydroxylation is 1.